The molecule has 8 nitrogen and oxygen atoms in total. The van der Waals surface area contributed by atoms with Crippen LogP contribution in [0.3, 0.4) is 0 Å². The summed E-state index contributed by atoms with van der Waals surface area (Å²) in [5, 5.41) is 16.7. The molecule has 0 aliphatic rings. The van der Waals surface area contributed by atoms with Crippen LogP contribution >= 0.6 is 0 Å². The van der Waals surface area contributed by atoms with Crippen molar-refractivity contribution in [1.82, 2.24) is 10.6 Å². The topological polar surface area (TPSA) is 133 Å². The van der Waals surface area contributed by atoms with Crippen LogP contribution in [-0.2, 0) is 0 Å². The third kappa shape index (κ3) is 5.97. The second-order valence-corrected chi connectivity index (χ2v) is 6.96. The molecule has 0 aromatic heterocycles. The standard InChI is InChI=1S/C23H21N3O4.H2O/c1-15-6-10-17(11-7-15)22(27)24-21(19-4-3-5-20(14-19)26(29)30)25-23(28)18-12-8-16(2)9-13-18;/h3-14,21H,1-2H3,(H,24,27)(H,25,28);1H2. The molecule has 0 unspecified atom stereocenters. The molecular formula is C23H23N3O5. The summed E-state index contributed by atoms with van der Waals surface area (Å²) < 4.78 is 0. The fraction of sp³-hybridized carbons (Fsp3) is 0.130. The van der Waals surface area contributed by atoms with E-state index >= 15 is 0 Å². The van der Waals surface area contributed by atoms with Crippen LogP contribution in [0.15, 0.2) is 72.8 Å². The number of nitrogens with one attached hydrogen (secondary N) is 2. The third-order valence-corrected chi connectivity index (χ3v) is 4.59. The van der Waals surface area contributed by atoms with E-state index < -0.39 is 22.9 Å². The summed E-state index contributed by atoms with van der Waals surface area (Å²) in [6.45, 7) is 3.82. The molecule has 31 heavy (non-hydrogen) atoms. The van der Waals surface area contributed by atoms with Crippen molar-refractivity contribution in [2.24, 2.45) is 0 Å². The fourth-order valence-corrected chi connectivity index (χ4v) is 2.86. The number of hydrogen-bond donors (Lipinski definition) is 2. The van der Waals surface area contributed by atoms with Gasteiger partial charge in [0.1, 0.15) is 6.17 Å². The average molecular weight is 421 g/mol. The molecule has 3 aromatic rings. The van der Waals surface area contributed by atoms with Crippen LogP contribution < -0.4 is 10.6 Å². The highest BCUT2D eigenvalue weighted by Gasteiger charge is 2.21. The van der Waals surface area contributed by atoms with Gasteiger partial charge in [-0.3, -0.25) is 19.7 Å². The van der Waals surface area contributed by atoms with E-state index in [1.54, 1.807) is 30.3 Å². The van der Waals surface area contributed by atoms with Crippen LogP contribution in [0.2, 0.25) is 0 Å². The highest BCUT2D eigenvalue weighted by Crippen LogP contribution is 2.19. The Labute approximate surface area is 179 Å². The highest BCUT2D eigenvalue weighted by molar-refractivity contribution is 5.96. The minimum atomic E-state index is -0.951. The molecule has 4 N–H and O–H groups in total. The summed E-state index contributed by atoms with van der Waals surface area (Å²) in [4.78, 5) is 36.1. The summed E-state index contributed by atoms with van der Waals surface area (Å²) in [6, 6.07) is 19.7. The molecule has 0 spiro atoms. The third-order valence-electron chi connectivity index (χ3n) is 4.59. The van der Waals surface area contributed by atoms with E-state index in [1.165, 1.54) is 18.2 Å². The average Bonchev–Trinajstić information content (AvgIpc) is 2.74. The number of rotatable bonds is 6. The van der Waals surface area contributed by atoms with Crippen LogP contribution in [0, 0.1) is 24.0 Å². The Hall–Kier alpha value is -4.04. The summed E-state index contributed by atoms with van der Waals surface area (Å²) in [5.74, 6) is -0.813. The van der Waals surface area contributed by atoms with Gasteiger partial charge in [-0.1, -0.05) is 47.5 Å². The first-order chi connectivity index (χ1) is 14.3. The van der Waals surface area contributed by atoms with Crippen molar-refractivity contribution in [1.29, 1.82) is 0 Å². The Morgan fingerprint density at radius 2 is 1.26 bits per heavy atom. The highest BCUT2D eigenvalue weighted by atomic mass is 16.6. The minimum absolute atomic E-state index is 0. The minimum Gasteiger partial charge on any atom is -0.412 e. The van der Waals surface area contributed by atoms with Crippen molar-refractivity contribution in [2.75, 3.05) is 0 Å². The summed E-state index contributed by atoms with van der Waals surface area (Å²) in [6.07, 6.45) is -0.951. The van der Waals surface area contributed by atoms with E-state index in [4.69, 9.17) is 0 Å². The maximum absolute atomic E-state index is 12.7. The van der Waals surface area contributed by atoms with Crippen LogP contribution in [-0.4, -0.2) is 22.2 Å². The van der Waals surface area contributed by atoms with Gasteiger partial charge < -0.3 is 16.1 Å². The maximum atomic E-state index is 12.7. The molecular weight excluding hydrogens is 398 g/mol. The SMILES string of the molecule is Cc1ccc(C(=O)NC(NC(=O)c2ccc(C)cc2)c2cccc([N+](=O)[O-])c2)cc1.O. The van der Waals surface area contributed by atoms with Crippen molar-refractivity contribution in [3.8, 4) is 0 Å². The van der Waals surface area contributed by atoms with E-state index in [0.717, 1.165) is 11.1 Å². The van der Waals surface area contributed by atoms with E-state index in [1.807, 2.05) is 38.1 Å². The van der Waals surface area contributed by atoms with Gasteiger partial charge in [-0.05, 0) is 38.1 Å². The largest absolute Gasteiger partial charge is 0.412 e. The number of benzene rings is 3. The number of nitrogens with zero attached hydrogens (tertiary/aromatic N) is 1. The predicted molar refractivity (Wildman–Crippen MR) is 117 cm³/mol. The lowest BCUT2D eigenvalue weighted by Crippen LogP contribution is -2.41. The normalized spacial score (nSPS) is 10.2. The van der Waals surface area contributed by atoms with Gasteiger partial charge in [-0.25, -0.2) is 0 Å². The molecule has 0 radical (unpaired) electrons. The van der Waals surface area contributed by atoms with Crippen LogP contribution in [0.4, 0.5) is 5.69 Å². The van der Waals surface area contributed by atoms with Crippen molar-refractivity contribution in [3.05, 3.63) is 111 Å². The molecule has 3 aromatic carbocycles. The Morgan fingerprint density at radius 1 is 0.806 bits per heavy atom. The van der Waals surface area contributed by atoms with E-state index in [-0.39, 0.29) is 11.2 Å². The van der Waals surface area contributed by atoms with Crippen molar-refractivity contribution < 1.29 is 20.0 Å². The maximum Gasteiger partial charge on any atom is 0.269 e. The molecule has 0 aliphatic carbocycles. The van der Waals surface area contributed by atoms with Crippen molar-refractivity contribution >= 4 is 17.5 Å². The number of non-ortho nitro benzene ring substituents is 1. The number of nitro groups is 1. The number of hydrogen-bond acceptors (Lipinski definition) is 4. The molecule has 160 valence electrons. The summed E-state index contributed by atoms with van der Waals surface area (Å²) >= 11 is 0. The number of nitro benzene ring substituents is 1. The van der Waals surface area contributed by atoms with Crippen LogP contribution in [0.5, 0.6) is 0 Å². The quantitative estimate of drug-likeness (QED) is 0.359. The fourth-order valence-electron chi connectivity index (χ4n) is 2.86. The zero-order valence-corrected chi connectivity index (χ0v) is 17.1. The number of aryl methyl sites for hydroxylation is 2. The van der Waals surface area contributed by atoms with Gasteiger partial charge in [0, 0.05) is 28.8 Å². The van der Waals surface area contributed by atoms with Crippen molar-refractivity contribution in [3.63, 3.8) is 0 Å². The number of carbonyl (C=O) groups is 2. The van der Waals surface area contributed by atoms with Crippen LogP contribution in [0.25, 0.3) is 0 Å². The Bertz CT molecular complexity index is 1020. The molecule has 0 atom stereocenters. The Morgan fingerprint density at radius 3 is 1.68 bits per heavy atom. The molecule has 0 heterocycles. The van der Waals surface area contributed by atoms with Gasteiger partial charge >= 0.3 is 0 Å². The lowest BCUT2D eigenvalue weighted by molar-refractivity contribution is -0.384. The van der Waals surface area contributed by atoms with E-state index in [2.05, 4.69) is 10.6 Å². The first-order valence-electron chi connectivity index (χ1n) is 9.33. The number of carbonyl (C=O) groups excluding carboxylic acids is 2. The van der Waals surface area contributed by atoms with E-state index in [9.17, 15) is 19.7 Å². The van der Waals surface area contributed by atoms with Crippen LogP contribution in [0.1, 0.15) is 43.6 Å². The van der Waals surface area contributed by atoms with Gasteiger partial charge in [0.15, 0.2) is 0 Å². The molecule has 0 bridgehead atoms. The van der Waals surface area contributed by atoms with Gasteiger partial charge in [-0.2, -0.15) is 0 Å². The van der Waals surface area contributed by atoms with Gasteiger partial charge in [0.05, 0.1) is 4.92 Å². The van der Waals surface area contributed by atoms with Gasteiger partial charge in [0.25, 0.3) is 17.5 Å². The first-order valence-corrected chi connectivity index (χ1v) is 9.33. The predicted octanol–water partition coefficient (Wildman–Crippen LogP) is 3.25. The second-order valence-electron chi connectivity index (χ2n) is 6.96. The molecule has 0 saturated carbocycles. The van der Waals surface area contributed by atoms with Gasteiger partial charge in [-0.15, -0.1) is 0 Å². The summed E-state index contributed by atoms with van der Waals surface area (Å²) in [5.41, 5.74) is 3.11. The smallest absolute Gasteiger partial charge is 0.269 e. The monoisotopic (exact) mass is 421 g/mol. The summed E-state index contributed by atoms with van der Waals surface area (Å²) in [7, 11) is 0. The zero-order chi connectivity index (χ0) is 21.7. The van der Waals surface area contributed by atoms with E-state index in [0.29, 0.717) is 16.7 Å². The zero-order valence-electron chi connectivity index (χ0n) is 17.1. The van der Waals surface area contributed by atoms with Crippen molar-refractivity contribution in [2.45, 2.75) is 20.0 Å². The molecule has 0 saturated heterocycles. The second kappa shape index (κ2) is 10.1. The Balaban J connectivity index is 0.00000341. The number of amides is 2. The van der Waals surface area contributed by atoms with Gasteiger partial charge in [0.2, 0.25) is 0 Å². The lowest BCUT2D eigenvalue weighted by Gasteiger charge is -2.21. The first kappa shape index (κ1) is 23.2. The molecule has 2 amide bonds. The lowest BCUT2D eigenvalue weighted by atomic mass is 10.1. The Kier molecular flexibility index (Phi) is 7.59. The molecule has 0 aliphatic heterocycles. The molecule has 0 fully saturated rings. The molecule has 8 heteroatoms. The molecule has 3 rings (SSSR count).